The number of hydrogen-bond donors (Lipinski definition) is 1. The number of aliphatic hydroxyl groups is 1. The van der Waals surface area contributed by atoms with E-state index in [0.717, 1.165) is 21.9 Å². The third kappa shape index (κ3) is 2.41. The van der Waals surface area contributed by atoms with E-state index < -0.39 is 0 Å². The number of rotatable bonds is 3. The Bertz CT molecular complexity index is 424. The topological polar surface area (TPSA) is 20.2 Å². The molecule has 3 atom stereocenters. The van der Waals surface area contributed by atoms with E-state index in [9.17, 15) is 9.50 Å². The van der Waals surface area contributed by atoms with Crippen LogP contribution in [0.1, 0.15) is 24.8 Å². The van der Waals surface area contributed by atoms with Crippen LogP contribution in [0.25, 0.3) is 0 Å². The lowest BCUT2D eigenvalue weighted by Gasteiger charge is -2.20. The molecule has 3 unspecified atom stereocenters. The van der Waals surface area contributed by atoms with Crippen LogP contribution in [-0.4, -0.2) is 11.2 Å². The van der Waals surface area contributed by atoms with E-state index in [1.807, 2.05) is 0 Å². The first kappa shape index (κ1) is 11.7. The minimum atomic E-state index is -0.274. The fraction of sp³-hybridized carbons (Fsp3) is 0.571. The molecule has 2 aliphatic carbocycles. The van der Waals surface area contributed by atoms with Crippen molar-refractivity contribution in [3.05, 3.63) is 34.1 Å². The molecule has 1 aromatic rings. The summed E-state index contributed by atoms with van der Waals surface area (Å²) in [5, 5.41) is 10.2. The molecule has 1 aromatic carbocycles. The van der Waals surface area contributed by atoms with Crippen LogP contribution in [0, 0.1) is 23.6 Å². The van der Waals surface area contributed by atoms with Gasteiger partial charge >= 0.3 is 0 Å². The molecule has 1 nitrogen and oxygen atoms in total. The predicted octanol–water partition coefficient (Wildman–Crippen LogP) is 3.54. The summed E-state index contributed by atoms with van der Waals surface area (Å²) in [5.41, 5.74) is 1.000. The standard InChI is InChI=1S/C14H16BrFO/c15-13-7-12(16)2-1-8(13)6-14(17)11-4-9-3-10(9)5-11/h1-2,7,9-11,14,17H,3-6H2. The summed E-state index contributed by atoms with van der Waals surface area (Å²) in [5.74, 6) is 2.01. The van der Waals surface area contributed by atoms with Crippen molar-refractivity contribution in [3.8, 4) is 0 Å². The first-order valence-corrected chi connectivity index (χ1v) is 7.05. The molecule has 2 saturated carbocycles. The highest BCUT2D eigenvalue weighted by Gasteiger charge is 2.47. The van der Waals surface area contributed by atoms with Crippen molar-refractivity contribution >= 4 is 15.9 Å². The molecular formula is C14H16BrFO. The van der Waals surface area contributed by atoms with Crippen molar-refractivity contribution in [3.63, 3.8) is 0 Å². The van der Waals surface area contributed by atoms with E-state index in [-0.39, 0.29) is 11.9 Å². The number of aliphatic hydroxyl groups excluding tert-OH is 1. The molecule has 0 heterocycles. The first-order valence-electron chi connectivity index (χ1n) is 6.25. The number of halogens is 2. The van der Waals surface area contributed by atoms with Crippen molar-refractivity contribution in [2.45, 2.75) is 31.8 Å². The molecule has 0 radical (unpaired) electrons. The van der Waals surface area contributed by atoms with E-state index >= 15 is 0 Å². The van der Waals surface area contributed by atoms with Crippen molar-refractivity contribution in [1.82, 2.24) is 0 Å². The van der Waals surface area contributed by atoms with Crippen molar-refractivity contribution in [2.75, 3.05) is 0 Å². The van der Waals surface area contributed by atoms with Crippen LogP contribution in [0.5, 0.6) is 0 Å². The van der Waals surface area contributed by atoms with Gasteiger partial charge in [-0.1, -0.05) is 22.0 Å². The second-order valence-corrected chi connectivity index (χ2v) is 6.35. The molecule has 0 amide bonds. The largest absolute Gasteiger partial charge is 0.392 e. The van der Waals surface area contributed by atoms with Gasteiger partial charge in [0.1, 0.15) is 5.82 Å². The van der Waals surface area contributed by atoms with Crippen LogP contribution >= 0.6 is 15.9 Å². The normalized spacial score (nSPS) is 32.3. The molecule has 2 fully saturated rings. The minimum absolute atomic E-state index is 0.239. The molecule has 17 heavy (non-hydrogen) atoms. The Morgan fingerprint density at radius 2 is 2.00 bits per heavy atom. The summed E-state index contributed by atoms with van der Waals surface area (Å²) in [7, 11) is 0. The highest BCUT2D eigenvalue weighted by Crippen LogP contribution is 2.55. The van der Waals surface area contributed by atoms with Crippen LogP contribution in [0.2, 0.25) is 0 Å². The minimum Gasteiger partial charge on any atom is -0.392 e. The Balaban J connectivity index is 1.65. The van der Waals surface area contributed by atoms with Crippen molar-refractivity contribution < 1.29 is 9.50 Å². The van der Waals surface area contributed by atoms with E-state index in [2.05, 4.69) is 15.9 Å². The van der Waals surface area contributed by atoms with E-state index in [4.69, 9.17) is 0 Å². The lowest BCUT2D eigenvalue weighted by molar-refractivity contribution is 0.104. The third-order valence-corrected chi connectivity index (χ3v) is 5.01. The predicted molar refractivity (Wildman–Crippen MR) is 68.1 cm³/mol. The fourth-order valence-electron chi connectivity index (χ4n) is 3.15. The Morgan fingerprint density at radius 1 is 1.29 bits per heavy atom. The summed E-state index contributed by atoms with van der Waals surface area (Å²) in [6, 6.07) is 4.69. The molecule has 92 valence electrons. The molecule has 2 aliphatic rings. The van der Waals surface area contributed by atoms with Gasteiger partial charge in [0, 0.05) is 4.47 Å². The van der Waals surface area contributed by atoms with Gasteiger partial charge in [0.05, 0.1) is 6.10 Å². The Morgan fingerprint density at radius 3 is 2.65 bits per heavy atom. The van der Waals surface area contributed by atoms with Gasteiger partial charge in [-0.15, -0.1) is 0 Å². The second kappa shape index (κ2) is 4.36. The summed E-state index contributed by atoms with van der Waals surface area (Å²) in [6.45, 7) is 0. The molecular weight excluding hydrogens is 283 g/mol. The highest BCUT2D eigenvalue weighted by atomic mass is 79.9. The van der Waals surface area contributed by atoms with Gasteiger partial charge in [-0.3, -0.25) is 0 Å². The molecule has 0 bridgehead atoms. The van der Waals surface area contributed by atoms with Gasteiger partial charge in [-0.05, 0) is 61.1 Å². The number of fused-ring (bicyclic) bond motifs is 1. The Hall–Kier alpha value is -0.410. The average Bonchev–Trinajstić information content (AvgIpc) is 2.89. The lowest BCUT2D eigenvalue weighted by atomic mass is 9.92. The fourth-order valence-corrected chi connectivity index (χ4v) is 3.67. The maximum Gasteiger partial charge on any atom is 0.124 e. The molecule has 3 rings (SSSR count). The maximum atomic E-state index is 13.0. The first-order chi connectivity index (χ1) is 8.13. The van der Waals surface area contributed by atoms with E-state index in [0.29, 0.717) is 12.3 Å². The van der Waals surface area contributed by atoms with Crippen LogP contribution in [0.4, 0.5) is 4.39 Å². The maximum absolute atomic E-state index is 13.0. The molecule has 3 heteroatoms. The van der Waals surface area contributed by atoms with Crippen LogP contribution < -0.4 is 0 Å². The Kier molecular flexibility index (Phi) is 2.99. The van der Waals surface area contributed by atoms with Crippen LogP contribution in [-0.2, 0) is 6.42 Å². The summed E-state index contributed by atoms with van der Waals surface area (Å²) >= 11 is 3.35. The molecule has 0 aliphatic heterocycles. The molecule has 1 N–H and O–H groups in total. The molecule has 0 spiro atoms. The molecule has 0 aromatic heterocycles. The smallest absolute Gasteiger partial charge is 0.124 e. The summed E-state index contributed by atoms with van der Waals surface area (Å²) < 4.78 is 13.7. The van der Waals surface area contributed by atoms with Gasteiger partial charge in [0.2, 0.25) is 0 Å². The van der Waals surface area contributed by atoms with Crippen LogP contribution in [0.15, 0.2) is 22.7 Å². The third-order valence-electron chi connectivity index (χ3n) is 4.27. The zero-order chi connectivity index (χ0) is 12.0. The van der Waals surface area contributed by atoms with Gasteiger partial charge in [0.15, 0.2) is 0 Å². The number of benzene rings is 1. The van der Waals surface area contributed by atoms with Gasteiger partial charge < -0.3 is 5.11 Å². The van der Waals surface area contributed by atoms with E-state index in [1.54, 1.807) is 6.07 Å². The molecule has 0 saturated heterocycles. The SMILES string of the molecule is OC(Cc1ccc(F)cc1Br)C1CC2CC2C1. The van der Waals surface area contributed by atoms with Gasteiger partial charge in [0.25, 0.3) is 0 Å². The van der Waals surface area contributed by atoms with Crippen LogP contribution in [0.3, 0.4) is 0 Å². The average molecular weight is 299 g/mol. The summed E-state index contributed by atoms with van der Waals surface area (Å²) in [6.07, 6.45) is 4.11. The van der Waals surface area contributed by atoms with Crippen molar-refractivity contribution in [1.29, 1.82) is 0 Å². The van der Waals surface area contributed by atoms with Gasteiger partial charge in [-0.25, -0.2) is 4.39 Å². The number of hydrogen-bond acceptors (Lipinski definition) is 1. The quantitative estimate of drug-likeness (QED) is 0.905. The highest BCUT2D eigenvalue weighted by molar-refractivity contribution is 9.10. The zero-order valence-electron chi connectivity index (χ0n) is 9.57. The lowest BCUT2D eigenvalue weighted by Crippen LogP contribution is -2.21. The monoisotopic (exact) mass is 298 g/mol. The van der Waals surface area contributed by atoms with Gasteiger partial charge in [-0.2, -0.15) is 0 Å². The van der Waals surface area contributed by atoms with Crippen molar-refractivity contribution in [2.24, 2.45) is 17.8 Å². The summed E-state index contributed by atoms with van der Waals surface area (Å²) in [4.78, 5) is 0. The van der Waals surface area contributed by atoms with E-state index in [1.165, 1.54) is 31.4 Å². The zero-order valence-corrected chi connectivity index (χ0v) is 11.2. The second-order valence-electron chi connectivity index (χ2n) is 5.49. The Labute approximate surface area is 109 Å².